The van der Waals surface area contributed by atoms with Crippen molar-refractivity contribution in [2.75, 3.05) is 13.2 Å². The molecule has 7 nitrogen and oxygen atoms in total. The van der Waals surface area contributed by atoms with Gasteiger partial charge >= 0.3 is 12.0 Å². The molecule has 1 aliphatic rings. The van der Waals surface area contributed by atoms with Gasteiger partial charge in [-0.05, 0) is 25.3 Å². The van der Waals surface area contributed by atoms with Gasteiger partial charge in [0, 0.05) is 0 Å². The lowest BCUT2D eigenvalue weighted by atomic mass is 10.1. The minimum atomic E-state index is -1.04. The summed E-state index contributed by atoms with van der Waals surface area (Å²) < 4.78 is 4.80. The first-order chi connectivity index (χ1) is 9.81. The SMILES string of the molecule is CC1(C)NC(=O)N(CC(=O)OCC(=O)c2cccs2)C1=O. The van der Waals surface area contributed by atoms with E-state index in [2.05, 4.69) is 5.32 Å². The molecule has 1 saturated heterocycles. The summed E-state index contributed by atoms with van der Waals surface area (Å²) in [5, 5.41) is 4.19. The number of thiophene rings is 1. The molecule has 8 heteroatoms. The lowest BCUT2D eigenvalue weighted by molar-refractivity contribution is -0.146. The van der Waals surface area contributed by atoms with Gasteiger partial charge in [-0.25, -0.2) is 4.79 Å². The van der Waals surface area contributed by atoms with Crippen LogP contribution in [-0.4, -0.2) is 47.3 Å². The molecule has 0 saturated carbocycles. The second-order valence-corrected chi connectivity index (χ2v) is 5.96. The Morgan fingerprint density at radius 2 is 2.10 bits per heavy atom. The zero-order valence-corrected chi connectivity index (χ0v) is 12.4. The third-order valence-electron chi connectivity index (χ3n) is 2.89. The van der Waals surface area contributed by atoms with Gasteiger partial charge < -0.3 is 10.1 Å². The molecule has 0 unspecified atom stereocenters. The number of urea groups is 1. The lowest BCUT2D eigenvalue weighted by Crippen LogP contribution is -2.41. The average Bonchev–Trinajstić information content (AvgIpc) is 2.99. The second kappa shape index (κ2) is 5.65. The third-order valence-corrected chi connectivity index (χ3v) is 3.80. The summed E-state index contributed by atoms with van der Waals surface area (Å²) in [5.41, 5.74) is -1.04. The van der Waals surface area contributed by atoms with E-state index in [1.54, 1.807) is 31.4 Å². The van der Waals surface area contributed by atoms with Crippen molar-refractivity contribution in [1.82, 2.24) is 10.2 Å². The van der Waals surface area contributed by atoms with Crippen LogP contribution in [0.4, 0.5) is 4.79 Å². The minimum Gasteiger partial charge on any atom is -0.456 e. The number of ketones is 1. The maximum atomic E-state index is 11.9. The molecule has 1 aromatic rings. The van der Waals surface area contributed by atoms with E-state index in [0.29, 0.717) is 4.88 Å². The van der Waals surface area contributed by atoms with Crippen LogP contribution >= 0.6 is 11.3 Å². The summed E-state index contributed by atoms with van der Waals surface area (Å²) in [5.74, 6) is -1.63. The van der Waals surface area contributed by atoms with Gasteiger partial charge in [-0.2, -0.15) is 0 Å². The van der Waals surface area contributed by atoms with Gasteiger partial charge in [0.05, 0.1) is 4.88 Å². The first-order valence-electron chi connectivity index (χ1n) is 6.18. The monoisotopic (exact) mass is 310 g/mol. The summed E-state index contributed by atoms with van der Waals surface area (Å²) in [7, 11) is 0. The van der Waals surface area contributed by atoms with Gasteiger partial charge in [0.25, 0.3) is 5.91 Å². The van der Waals surface area contributed by atoms with E-state index in [9.17, 15) is 19.2 Å². The lowest BCUT2D eigenvalue weighted by Gasteiger charge is -2.15. The van der Waals surface area contributed by atoms with Crippen molar-refractivity contribution < 1.29 is 23.9 Å². The van der Waals surface area contributed by atoms with E-state index in [-0.39, 0.29) is 5.78 Å². The molecule has 1 aromatic heterocycles. The van der Waals surface area contributed by atoms with Crippen molar-refractivity contribution in [2.24, 2.45) is 0 Å². The molecule has 21 heavy (non-hydrogen) atoms. The highest BCUT2D eigenvalue weighted by atomic mass is 32.1. The Hall–Kier alpha value is -2.22. The Kier molecular flexibility index (Phi) is 4.08. The Bertz CT molecular complexity index is 594. The zero-order chi connectivity index (χ0) is 15.6. The van der Waals surface area contributed by atoms with E-state index in [0.717, 1.165) is 4.90 Å². The van der Waals surface area contributed by atoms with Crippen molar-refractivity contribution in [1.29, 1.82) is 0 Å². The van der Waals surface area contributed by atoms with Crippen LogP contribution in [0.2, 0.25) is 0 Å². The van der Waals surface area contributed by atoms with Crippen molar-refractivity contribution in [3.05, 3.63) is 22.4 Å². The predicted molar refractivity (Wildman–Crippen MR) is 73.9 cm³/mol. The Morgan fingerprint density at radius 3 is 2.62 bits per heavy atom. The molecule has 112 valence electrons. The molecule has 0 aliphatic carbocycles. The maximum Gasteiger partial charge on any atom is 0.326 e. The number of ether oxygens (including phenoxy) is 1. The molecule has 2 rings (SSSR count). The Labute approximate surface area is 124 Å². The highest BCUT2D eigenvalue weighted by Crippen LogP contribution is 2.16. The van der Waals surface area contributed by atoms with Crippen LogP contribution in [0.3, 0.4) is 0 Å². The summed E-state index contributed by atoms with van der Waals surface area (Å²) in [6, 6.07) is 2.70. The molecule has 0 radical (unpaired) electrons. The molecule has 0 aromatic carbocycles. The fourth-order valence-electron chi connectivity index (χ4n) is 1.79. The Morgan fingerprint density at radius 1 is 1.38 bits per heavy atom. The molecule has 0 bridgehead atoms. The van der Waals surface area contributed by atoms with Crippen molar-refractivity contribution in [3.8, 4) is 0 Å². The van der Waals surface area contributed by atoms with Gasteiger partial charge in [-0.15, -0.1) is 11.3 Å². The first-order valence-corrected chi connectivity index (χ1v) is 7.05. The van der Waals surface area contributed by atoms with E-state index in [1.165, 1.54) is 11.3 Å². The number of nitrogens with one attached hydrogen (secondary N) is 1. The molecule has 1 fully saturated rings. The summed E-state index contributed by atoms with van der Waals surface area (Å²) in [6.45, 7) is 2.16. The topological polar surface area (TPSA) is 92.8 Å². The van der Waals surface area contributed by atoms with Crippen LogP contribution in [0.1, 0.15) is 23.5 Å². The van der Waals surface area contributed by atoms with Gasteiger partial charge in [0.2, 0.25) is 5.78 Å². The number of carbonyl (C=O) groups is 4. The van der Waals surface area contributed by atoms with Crippen LogP contribution in [0, 0.1) is 0 Å². The largest absolute Gasteiger partial charge is 0.456 e. The number of imide groups is 1. The number of Topliss-reactive ketones (excluding diaryl/α,β-unsaturated/α-hetero) is 1. The van der Waals surface area contributed by atoms with E-state index in [4.69, 9.17) is 4.74 Å². The fraction of sp³-hybridized carbons (Fsp3) is 0.385. The molecule has 1 N–H and O–H groups in total. The van der Waals surface area contributed by atoms with Gasteiger partial charge in [-0.1, -0.05) is 6.07 Å². The standard InChI is InChI=1S/C13H14N2O5S/c1-13(2)11(18)15(12(19)14-13)6-10(17)20-7-8(16)9-4-3-5-21-9/h3-5H,6-7H2,1-2H3,(H,14,19). The molecule has 0 atom stereocenters. The quantitative estimate of drug-likeness (QED) is 0.493. The minimum absolute atomic E-state index is 0.323. The van der Waals surface area contributed by atoms with Gasteiger partial charge in [0.15, 0.2) is 6.61 Å². The number of hydrogen-bond acceptors (Lipinski definition) is 6. The fourth-order valence-corrected chi connectivity index (χ4v) is 2.44. The van der Waals surface area contributed by atoms with E-state index in [1.807, 2.05) is 0 Å². The molecule has 2 heterocycles. The smallest absolute Gasteiger partial charge is 0.326 e. The average molecular weight is 310 g/mol. The normalized spacial score (nSPS) is 16.8. The summed E-state index contributed by atoms with van der Waals surface area (Å²) >= 11 is 1.25. The molecule has 1 aliphatic heterocycles. The Balaban J connectivity index is 1.87. The van der Waals surface area contributed by atoms with E-state index >= 15 is 0 Å². The molecule has 3 amide bonds. The maximum absolute atomic E-state index is 11.9. The number of esters is 1. The van der Waals surface area contributed by atoms with Crippen LogP contribution < -0.4 is 5.32 Å². The molecular formula is C13H14N2O5S. The number of nitrogens with zero attached hydrogens (tertiary/aromatic N) is 1. The number of hydrogen-bond donors (Lipinski definition) is 1. The van der Waals surface area contributed by atoms with Crippen molar-refractivity contribution in [2.45, 2.75) is 19.4 Å². The number of carbonyl (C=O) groups excluding carboxylic acids is 4. The first kappa shape index (κ1) is 15.2. The van der Waals surface area contributed by atoms with Crippen LogP contribution in [0.5, 0.6) is 0 Å². The molecular weight excluding hydrogens is 296 g/mol. The van der Waals surface area contributed by atoms with Crippen LogP contribution in [0.15, 0.2) is 17.5 Å². The predicted octanol–water partition coefficient (Wildman–Crippen LogP) is 0.804. The zero-order valence-electron chi connectivity index (χ0n) is 11.5. The van der Waals surface area contributed by atoms with Crippen molar-refractivity contribution in [3.63, 3.8) is 0 Å². The molecule has 0 spiro atoms. The van der Waals surface area contributed by atoms with Gasteiger partial charge in [0.1, 0.15) is 12.1 Å². The van der Waals surface area contributed by atoms with Crippen LogP contribution in [-0.2, 0) is 14.3 Å². The highest BCUT2D eigenvalue weighted by molar-refractivity contribution is 7.12. The summed E-state index contributed by atoms with van der Waals surface area (Å²) in [6.07, 6.45) is 0. The highest BCUT2D eigenvalue weighted by Gasteiger charge is 2.45. The van der Waals surface area contributed by atoms with E-state index < -0.39 is 36.6 Å². The van der Waals surface area contributed by atoms with Crippen LogP contribution in [0.25, 0.3) is 0 Å². The number of amides is 3. The summed E-state index contributed by atoms with van der Waals surface area (Å²) in [4.78, 5) is 48.0. The van der Waals surface area contributed by atoms with Gasteiger partial charge in [-0.3, -0.25) is 19.3 Å². The second-order valence-electron chi connectivity index (χ2n) is 5.01. The third kappa shape index (κ3) is 3.27. The number of rotatable bonds is 5. The van der Waals surface area contributed by atoms with Crippen molar-refractivity contribution >= 4 is 35.0 Å².